The zero-order valence-corrected chi connectivity index (χ0v) is 15.2. The third kappa shape index (κ3) is 8.78. The van der Waals surface area contributed by atoms with Gasteiger partial charge in [-0.15, -0.1) is 0 Å². The van der Waals surface area contributed by atoms with Gasteiger partial charge >= 0.3 is 0 Å². The molecule has 23 heavy (non-hydrogen) atoms. The molecule has 1 aliphatic rings. The molecule has 0 aromatic carbocycles. The summed E-state index contributed by atoms with van der Waals surface area (Å²) in [5.41, 5.74) is 0. The summed E-state index contributed by atoms with van der Waals surface area (Å²) in [5, 5.41) is 9.07. The van der Waals surface area contributed by atoms with Crippen LogP contribution >= 0.6 is 0 Å². The first kappa shape index (κ1) is 19.7. The van der Waals surface area contributed by atoms with Crippen LogP contribution in [0.4, 0.5) is 0 Å². The van der Waals surface area contributed by atoms with Crippen molar-refractivity contribution in [1.29, 1.82) is 0 Å². The largest absolute Gasteiger partial charge is 0.356 e. The van der Waals surface area contributed by atoms with Crippen LogP contribution in [0.15, 0.2) is 4.99 Å². The third-order valence-corrected chi connectivity index (χ3v) is 5.48. The summed E-state index contributed by atoms with van der Waals surface area (Å²) in [6.45, 7) is 5.71. The Morgan fingerprint density at radius 3 is 2.52 bits per heavy atom. The minimum atomic E-state index is -2.96. The number of aliphatic imine (C=N–C) groups is 1. The lowest BCUT2D eigenvalue weighted by Crippen LogP contribution is -2.41. The van der Waals surface area contributed by atoms with E-state index in [9.17, 15) is 13.2 Å². The molecule has 0 aromatic heterocycles. The van der Waals surface area contributed by atoms with Gasteiger partial charge in [0.2, 0.25) is 5.91 Å². The average Bonchev–Trinajstić information content (AvgIpc) is 2.80. The van der Waals surface area contributed by atoms with E-state index in [1.807, 2.05) is 0 Å². The predicted octanol–water partition coefficient (Wildman–Crippen LogP) is 0.281. The number of guanidine groups is 1. The van der Waals surface area contributed by atoms with Gasteiger partial charge in [-0.25, -0.2) is 8.42 Å². The van der Waals surface area contributed by atoms with Crippen LogP contribution in [0.3, 0.4) is 0 Å². The highest BCUT2D eigenvalue weighted by Crippen LogP contribution is 2.11. The molecule has 1 saturated heterocycles. The average molecular weight is 346 g/mol. The van der Waals surface area contributed by atoms with Crippen LogP contribution in [0.1, 0.15) is 39.5 Å². The van der Waals surface area contributed by atoms with E-state index in [1.54, 1.807) is 7.05 Å². The number of carbonyl (C=O) groups is 1. The van der Waals surface area contributed by atoms with Crippen molar-refractivity contribution >= 4 is 21.7 Å². The fraction of sp³-hybridized carbons (Fsp3) is 0.867. The quantitative estimate of drug-likeness (QED) is 0.333. The van der Waals surface area contributed by atoms with Crippen LogP contribution in [0.5, 0.6) is 0 Å². The number of nitrogens with one attached hydrogen (secondary N) is 3. The molecule has 0 aromatic rings. The van der Waals surface area contributed by atoms with Gasteiger partial charge in [-0.2, -0.15) is 0 Å². The van der Waals surface area contributed by atoms with Crippen molar-refractivity contribution in [2.75, 3.05) is 31.6 Å². The van der Waals surface area contributed by atoms with E-state index in [0.29, 0.717) is 31.3 Å². The molecule has 134 valence electrons. The molecule has 1 amide bonds. The first-order valence-electron chi connectivity index (χ1n) is 8.26. The van der Waals surface area contributed by atoms with E-state index < -0.39 is 9.84 Å². The van der Waals surface area contributed by atoms with Crippen molar-refractivity contribution < 1.29 is 13.2 Å². The van der Waals surface area contributed by atoms with E-state index in [1.165, 1.54) is 0 Å². The number of sulfone groups is 1. The third-order valence-electron chi connectivity index (χ3n) is 3.72. The molecule has 1 rings (SSSR count). The van der Waals surface area contributed by atoms with Gasteiger partial charge in [0, 0.05) is 32.6 Å². The second-order valence-corrected chi connectivity index (χ2v) is 8.61. The van der Waals surface area contributed by atoms with Gasteiger partial charge in [0.1, 0.15) is 0 Å². The molecular formula is C15H30N4O3S. The lowest BCUT2D eigenvalue weighted by molar-refractivity contribution is -0.121. The van der Waals surface area contributed by atoms with Gasteiger partial charge in [-0.3, -0.25) is 9.79 Å². The van der Waals surface area contributed by atoms with E-state index in [2.05, 4.69) is 34.8 Å². The van der Waals surface area contributed by atoms with E-state index in [-0.39, 0.29) is 23.5 Å². The van der Waals surface area contributed by atoms with Crippen LogP contribution < -0.4 is 16.0 Å². The first-order chi connectivity index (χ1) is 10.8. The Morgan fingerprint density at radius 2 is 1.96 bits per heavy atom. The number of hydrogen-bond donors (Lipinski definition) is 3. The van der Waals surface area contributed by atoms with Crippen LogP contribution in [-0.2, 0) is 14.6 Å². The number of carbonyl (C=O) groups excluding carboxylic acids is 1. The fourth-order valence-corrected chi connectivity index (χ4v) is 4.11. The fourth-order valence-electron chi connectivity index (χ4n) is 2.44. The summed E-state index contributed by atoms with van der Waals surface area (Å²) in [4.78, 5) is 15.9. The minimum Gasteiger partial charge on any atom is -0.356 e. The highest BCUT2D eigenvalue weighted by Gasteiger charge is 2.28. The summed E-state index contributed by atoms with van der Waals surface area (Å²) in [5.74, 6) is 1.48. The molecule has 1 unspecified atom stereocenters. The van der Waals surface area contributed by atoms with Gasteiger partial charge in [0.15, 0.2) is 15.8 Å². The van der Waals surface area contributed by atoms with Crippen LogP contribution in [0, 0.1) is 5.92 Å². The Morgan fingerprint density at radius 1 is 1.26 bits per heavy atom. The summed E-state index contributed by atoms with van der Waals surface area (Å²) in [6, 6.07) is -0.235. The van der Waals surface area contributed by atoms with Crippen molar-refractivity contribution in [2.24, 2.45) is 10.9 Å². The summed E-state index contributed by atoms with van der Waals surface area (Å²) >= 11 is 0. The van der Waals surface area contributed by atoms with Crippen LogP contribution in [-0.4, -0.2) is 58.0 Å². The van der Waals surface area contributed by atoms with Gasteiger partial charge in [-0.05, 0) is 25.2 Å². The number of amides is 1. The van der Waals surface area contributed by atoms with Crippen molar-refractivity contribution in [3.05, 3.63) is 0 Å². The molecule has 0 aliphatic carbocycles. The monoisotopic (exact) mass is 346 g/mol. The predicted molar refractivity (Wildman–Crippen MR) is 93.3 cm³/mol. The molecule has 1 fully saturated rings. The minimum absolute atomic E-state index is 0.0608. The summed E-state index contributed by atoms with van der Waals surface area (Å²) in [7, 11) is -1.26. The second kappa shape index (κ2) is 9.75. The Hall–Kier alpha value is -1.31. The van der Waals surface area contributed by atoms with Crippen molar-refractivity contribution in [3.8, 4) is 0 Å². The first-order valence-corrected chi connectivity index (χ1v) is 10.1. The maximum absolute atomic E-state index is 11.8. The molecule has 0 saturated carbocycles. The molecule has 0 spiro atoms. The Bertz CT molecular complexity index is 503. The highest BCUT2D eigenvalue weighted by molar-refractivity contribution is 7.91. The Balaban J connectivity index is 2.15. The zero-order valence-electron chi connectivity index (χ0n) is 14.4. The van der Waals surface area contributed by atoms with Crippen molar-refractivity contribution in [3.63, 3.8) is 0 Å². The number of hydrogen-bond acceptors (Lipinski definition) is 4. The zero-order chi connectivity index (χ0) is 17.3. The Kier molecular flexibility index (Phi) is 8.36. The molecule has 1 atom stereocenters. The van der Waals surface area contributed by atoms with E-state index >= 15 is 0 Å². The van der Waals surface area contributed by atoms with Crippen molar-refractivity contribution in [1.82, 2.24) is 16.0 Å². The molecular weight excluding hydrogens is 316 g/mol. The van der Waals surface area contributed by atoms with Gasteiger partial charge in [-0.1, -0.05) is 13.8 Å². The lowest BCUT2D eigenvalue weighted by Gasteiger charge is -2.13. The normalized spacial score (nSPS) is 20.5. The number of nitrogens with zero attached hydrogens (tertiary/aromatic N) is 1. The van der Waals surface area contributed by atoms with Gasteiger partial charge in [0.05, 0.1) is 11.5 Å². The Labute approximate surface area is 139 Å². The standard InChI is InChI=1S/C15H30N4O3S/c1-12(2)5-4-8-17-15(16-3)18-9-6-14(20)19-13-7-10-23(21,22)11-13/h12-13H,4-11H2,1-3H3,(H,19,20)(H2,16,17,18). The van der Waals surface area contributed by atoms with Crippen LogP contribution in [0.25, 0.3) is 0 Å². The second-order valence-electron chi connectivity index (χ2n) is 6.38. The van der Waals surface area contributed by atoms with Crippen LogP contribution in [0.2, 0.25) is 0 Å². The molecule has 1 heterocycles. The highest BCUT2D eigenvalue weighted by atomic mass is 32.2. The molecule has 3 N–H and O–H groups in total. The molecule has 1 aliphatic heterocycles. The summed E-state index contributed by atoms with van der Waals surface area (Å²) in [6.07, 6.45) is 3.05. The van der Waals surface area contributed by atoms with E-state index in [4.69, 9.17) is 0 Å². The summed E-state index contributed by atoms with van der Waals surface area (Å²) < 4.78 is 22.7. The maximum atomic E-state index is 11.8. The SMILES string of the molecule is CN=C(NCCCC(C)C)NCCC(=O)NC1CCS(=O)(=O)C1. The smallest absolute Gasteiger partial charge is 0.222 e. The molecule has 8 heteroatoms. The topological polar surface area (TPSA) is 99.7 Å². The maximum Gasteiger partial charge on any atom is 0.222 e. The van der Waals surface area contributed by atoms with E-state index in [0.717, 1.165) is 19.4 Å². The number of rotatable bonds is 8. The van der Waals surface area contributed by atoms with Gasteiger partial charge in [0.25, 0.3) is 0 Å². The van der Waals surface area contributed by atoms with Gasteiger partial charge < -0.3 is 16.0 Å². The molecule has 0 bridgehead atoms. The lowest BCUT2D eigenvalue weighted by atomic mass is 10.1. The van der Waals surface area contributed by atoms with Crippen molar-refractivity contribution in [2.45, 2.75) is 45.6 Å². The molecule has 7 nitrogen and oxygen atoms in total. The molecule has 0 radical (unpaired) electrons.